The zero-order valence-corrected chi connectivity index (χ0v) is 17.3. The van der Waals surface area contributed by atoms with E-state index in [1.54, 1.807) is 30.3 Å². The monoisotopic (exact) mass is 421 g/mol. The van der Waals surface area contributed by atoms with Gasteiger partial charge in [-0.1, -0.05) is 46.5 Å². The average molecular weight is 422 g/mol. The fraction of sp³-hybridized carbons (Fsp3) is 0.250. The molecule has 0 aliphatic heterocycles. The number of nitrogens with zero attached hydrogens (tertiary/aromatic N) is 1. The second kappa shape index (κ2) is 9.57. The minimum absolute atomic E-state index is 0.209. The van der Waals surface area contributed by atoms with Crippen LogP contribution in [0.15, 0.2) is 36.4 Å². The molecule has 0 heterocycles. The maximum Gasteiger partial charge on any atom is 0.251 e. The van der Waals surface area contributed by atoms with Crippen LogP contribution in [0, 0.1) is 13.8 Å². The molecule has 6 nitrogen and oxygen atoms in total. The first kappa shape index (κ1) is 21.7. The lowest BCUT2D eigenvalue weighted by Crippen LogP contribution is -2.41. The number of anilines is 1. The van der Waals surface area contributed by atoms with Gasteiger partial charge in [0, 0.05) is 12.6 Å². The van der Waals surface area contributed by atoms with Crippen molar-refractivity contribution in [3.63, 3.8) is 0 Å². The van der Waals surface area contributed by atoms with Gasteiger partial charge in [-0.25, -0.2) is 0 Å². The molecule has 0 spiro atoms. The standard InChI is InChI=1S/C20H21Cl2N3O3/c1-12-7-13(2)9-14(8-12)20(28)23-10-18(27)25(3)11-17(26)24-19-15(21)5-4-6-16(19)22/h4-9H,10-11H2,1-3H3,(H,23,28)(H,24,26). The summed E-state index contributed by atoms with van der Waals surface area (Å²) in [5, 5.41) is 5.76. The fourth-order valence-corrected chi connectivity index (χ4v) is 3.09. The van der Waals surface area contributed by atoms with E-state index < -0.39 is 11.8 Å². The summed E-state index contributed by atoms with van der Waals surface area (Å²) in [6.45, 7) is 3.36. The van der Waals surface area contributed by atoms with E-state index in [4.69, 9.17) is 23.2 Å². The van der Waals surface area contributed by atoms with E-state index in [9.17, 15) is 14.4 Å². The second-order valence-corrected chi connectivity index (χ2v) is 7.27. The molecule has 28 heavy (non-hydrogen) atoms. The number of halogens is 2. The smallest absolute Gasteiger partial charge is 0.251 e. The van der Waals surface area contributed by atoms with Gasteiger partial charge in [0.25, 0.3) is 5.91 Å². The van der Waals surface area contributed by atoms with Gasteiger partial charge >= 0.3 is 0 Å². The molecule has 8 heteroatoms. The van der Waals surface area contributed by atoms with Crippen LogP contribution in [-0.4, -0.2) is 42.8 Å². The van der Waals surface area contributed by atoms with Crippen LogP contribution in [0.3, 0.4) is 0 Å². The molecule has 3 amide bonds. The number of carbonyl (C=O) groups is 3. The topological polar surface area (TPSA) is 78.5 Å². The summed E-state index contributed by atoms with van der Waals surface area (Å²) < 4.78 is 0. The summed E-state index contributed by atoms with van der Waals surface area (Å²) >= 11 is 12.0. The highest BCUT2D eigenvalue weighted by atomic mass is 35.5. The van der Waals surface area contributed by atoms with Crippen LogP contribution in [0.5, 0.6) is 0 Å². The van der Waals surface area contributed by atoms with Crippen molar-refractivity contribution in [1.82, 2.24) is 10.2 Å². The highest BCUT2D eigenvalue weighted by Crippen LogP contribution is 2.29. The molecule has 0 bridgehead atoms. The lowest BCUT2D eigenvalue weighted by Gasteiger charge is -2.18. The summed E-state index contributed by atoms with van der Waals surface area (Å²) in [6, 6.07) is 10.3. The molecule has 148 valence electrons. The maximum atomic E-state index is 12.2. The van der Waals surface area contributed by atoms with Crippen molar-refractivity contribution in [2.45, 2.75) is 13.8 Å². The first-order valence-electron chi connectivity index (χ1n) is 8.51. The lowest BCUT2D eigenvalue weighted by atomic mass is 10.1. The van der Waals surface area contributed by atoms with Crippen molar-refractivity contribution >= 4 is 46.6 Å². The number of para-hydroxylation sites is 1. The van der Waals surface area contributed by atoms with E-state index in [1.165, 1.54) is 11.9 Å². The number of nitrogens with one attached hydrogen (secondary N) is 2. The van der Waals surface area contributed by atoms with Gasteiger partial charge in [0.15, 0.2) is 0 Å². The molecular weight excluding hydrogens is 401 g/mol. The second-order valence-electron chi connectivity index (χ2n) is 6.45. The normalized spacial score (nSPS) is 10.3. The third-order valence-corrected chi connectivity index (χ3v) is 4.55. The number of aryl methyl sites for hydroxylation is 2. The van der Waals surface area contributed by atoms with E-state index in [0.29, 0.717) is 21.3 Å². The Kier molecular flexibility index (Phi) is 7.43. The molecule has 0 aromatic heterocycles. The van der Waals surface area contributed by atoms with E-state index in [1.807, 2.05) is 19.9 Å². The Hall–Kier alpha value is -2.57. The summed E-state index contributed by atoms with van der Waals surface area (Å²) in [5.41, 5.74) is 2.70. The number of rotatable bonds is 6. The molecule has 2 N–H and O–H groups in total. The molecule has 0 radical (unpaired) electrons. The van der Waals surface area contributed by atoms with E-state index in [-0.39, 0.29) is 19.0 Å². The van der Waals surface area contributed by atoms with Gasteiger partial charge in [-0.15, -0.1) is 0 Å². The van der Waals surface area contributed by atoms with Gasteiger partial charge < -0.3 is 15.5 Å². The predicted octanol–water partition coefficient (Wildman–Crippen LogP) is 3.44. The van der Waals surface area contributed by atoms with Crippen molar-refractivity contribution in [2.75, 3.05) is 25.5 Å². The molecule has 2 aromatic rings. The Bertz CT molecular complexity index is 875. The molecule has 0 fully saturated rings. The van der Waals surface area contributed by atoms with Crippen molar-refractivity contribution in [3.05, 3.63) is 63.1 Å². The van der Waals surface area contributed by atoms with Crippen molar-refractivity contribution in [3.8, 4) is 0 Å². The van der Waals surface area contributed by atoms with Gasteiger partial charge in [-0.2, -0.15) is 0 Å². The molecule has 0 saturated carbocycles. The maximum absolute atomic E-state index is 12.2. The highest BCUT2D eigenvalue weighted by molar-refractivity contribution is 6.39. The Morgan fingerprint density at radius 1 is 1.00 bits per heavy atom. The Morgan fingerprint density at radius 2 is 1.57 bits per heavy atom. The van der Waals surface area contributed by atoms with Crippen LogP contribution in [0.2, 0.25) is 10.0 Å². The average Bonchev–Trinajstić information content (AvgIpc) is 2.61. The summed E-state index contributed by atoms with van der Waals surface area (Å²) in [6.07, 6.45) is 0. The van der Waals surface area contributed by atoms with Gasteiger partial charge in [-0.3, -0.25) is 14.4 Å². The van der Waals surface area contributed by atoms with Gasteiger partial charge in [-0.05, 0) is 38.1 Å². The summed E-state index contributed by atoms with van der Waals surface area (Å²) in [7, 11) is 1.47. The van der Waals surface area contributed by atoms with Gasteiger partial charge in [0.2, 0.25) is 11.8 Å². The van der Waals surface area contributed by atoms with Crippen LogP contribution >= 0.6 is 23.2 Å². The molecule has 0 atom stereocenters. The minimum Gasteiger partial charge on any atom is -0.343 e. The summed E-state index contributed by atoms with van der Waals surface area (Å²) in [4.78, 5) is 37.8. The SMILES string of the molecule is Cc1cc(C)cc(C(=O)NCC(=O)N(C)CC(=O)Nc2c(Cl)cccc2Cl)c1. The lowest BCUT2D eigenvalue weighted by molar-refractivity contribution is -0.132. The van der Waals surface area contributed by atoms with E-state index in [2.05, 4.69) is 10.6 Å². The van der Waals surface area contributed by atoms with Gasteiger partial charge in [0.1, 0.15) is 0 Å². The molecule has 0 unspecified atom stereocenters. The molecule has 0 aliphatic rings. The number of carbonyl (C=O) groups excluding carboxylic acids is 3. The van der Waals surface area contributed by atoms with Gasteiger partial charge in [0.05, 0.1) is 28.8 Å². The quantitative estimate of drug-likeness (QED) is 0.749. The zero-order chi connectivity index (χ0) is 20.8. The first-order valence-corrected chi connectivity index (χ1v) is 9.27. The highest BCUT2D eigenvalue weighted by Gasteiger charge is 2.16. The Labute approximate surface area is 173 Å². The van der Waals surface area contributed by atoms with E-state index in [0.717, 1.165) is 11.1 Å². The summed E-state index contributed by atoms with van der Waals surface area (Å²) in [5.74, 6) is -1.20. The molecule has 0 saturated heterocycles. The van der Waals surface area contributed by atoms with Crippen LogP contribution in [-0.2, 0) is 9.59 Å². The third-order valence-electron chi connectivity index (χ3n) is 3.92. The minimum atomic E-state index is -0.452. The van der Waals surface area contributed by atoms with Crippen LogP contribution in [0.4, 0.5) is 5.69 Å². The van der Waals surface area contributed by atoms with Crippen molar-refractivity contribution in [1.29, 1.82) is 0 Å². The Morgan fingerprint density at radius 3 is 2.14 bits per heavy atom. The molecule has 0 aliphatic carbocycles. The van der Waals surface area contributed by atoms with Crippen molar-refractivity contribution in [2.24, 2.45) is 0 Å². The van der Waals surface area contributed by atoms with Crippen LogP contribution in [0.1, 0.15) is 21.5 Å². The fourth-order valence-electron chi connectivity index (χ4n) is 2.60. The van der Waals surface area contributed by atoms with Crippen molar-refractivity contribution < 1.29 is 14.4 Å². The molecule has 2 rings (SSSR count). The molecule has 2 aromatic carbocycles. The number of hydrogen-bond acceptors (Lipinski definition) is 3. The number of benzene rings is 2. The Balaban J connectivity index is 1.88. The largest absolute Gasteiger partial charge is 0.343 e. The van der Waals surface area contributed by atoms with Crippen LogP contribution in [0.25, 0.3) is 0 Å². The molecular formula is C20H21Cl2N3O3. The first-order chi connectivity index (χ1) is 13.2. The number of likely N-dealkylation sites (N-methyl/N-ethyl adjacent to an activating group) is 1. The van der Waals surface area contributed by atoms with Crippen LogP contribution < -0.4 is 10.6 Å². The predicted molar refractivity (Wildman–Crippen MR) is 111 cm³/mol. The van der Waals surface area contributed by atoms with E-state index >= 15 is 0 Å². The number of hydrogen-bond donors (Lipinski definition) is 2. The number of amides is 3. The third kappa shape index (κ3) is 5.97. The zero-order valence-electron chi connectivity index (χ0n) is 15.8.